The molecule has 0 amide bonds. The van der Waals surface area contributed by atoms with Crippen molar-refractivity contribution in [2.24, 2.45) is 16.7 Å². The van der Waals surface area contributed by atoms with Crippen molar-refractivity contribution in [3.63, 3.8) is 0 Å². The van der Waals surface area contributed by atoms with Gasteiger partial charge < -0.3 is 5.11 Å². The summed E-state index contributed by atoms with van der Waals surface area (Å²) in [7, 11) is 0. The molecule has 0 aromatic heterocycles. The SMILES string of the molecule is CC1(C)C(C(=O)O)C12C=CC=C2.Cl. The third-order valence-corrected chi connectivity index (χ3v) is 3.33. The van der Waals surface area contributed by atoms with Gasteiger partial charge in [-0.1, -0.05) is 38.2 Å². The number of halogens is 1. The number of carbonyl (C=O) groups is 1. The highest BCUT2D eigenvalue weighted by Crippen LogP contribution is 2.71. The normalized spacial score (nSPS) is 30.2. The van der Waals surface area contributed by atoms with Crippen LogP contribution in [0.3, 0.4) is 0 Å². The van der Waals surface area contributed by atoms with E-state index in [1.54, 1.807) is 0 Å². The maximum absolute atomic E-state index is 10.9. The molecule has 1 saturated carbocycles. The Morgan fingerprint density at radius 3 is 2.08 bits per heavy atom. The Bertz CT molecular complexity index is 290. The number of allylic oxidation sites excluding steroid dienone is 4. The molecule has 0 aliphatic heterocycles. The van der Waals surface area contributed by atoms with Crippen LogP contribution in [0.1, 0.15) is 13.8 Å². The van der Waals surface area contributed by atoms with Gasteiger partial charge in [0, 0.05) is 5.41 Å². The molecular weight excluding hydrogens is 188 g/mol. The number of carboxylic acids is 1. The molecule has 1 spiro atoms. The van der Waals surface area contributed by atoms with Gasteiger partial charge in [0.15, 0.2) is 0 Å². The fourth-order valence-corrected chi connectivity index (χ4v) is 2.45. The van der Waals surface area contributed by atoms with Crippen LogP contribution >= 0.6 is 12.4 Å². The fraction of sp³-hybridized carbons (Fsp3) is 0.500. The summed E-state index contributed by atoms with van der Waals surface area (Å²) in [6.07, 6.45) is 7.88. The number of hydrogen-bond acceptors (Lipinski definition) is 1. The molecule has 3 heteroatoms. The highest BCUT2D eigenvalue weighted by atomic mass is 35.5. The zero-order chi connectivity index (χ0) is 8.98. The van der Waals surface area contributed by atoms with Crippen LogP contribution in [-0.2, 0) is 4.79 Å². The average Bonchev–Trinajstić information content (AvgIpc) is 2.32. The Balaban J connectivity index is 0.000000845. The Hall–Kier alpha value is -0.760. The van der Waals surface area contributed by atoms with Gasteiger partial charge in [-0.15, -0.1) is 12.4 Å². The lowest BCUT2D eigenvalue weighted by Gasteiger charge is -2.05. The topological polar surface area (TPSA) is 37.3 Å². The Labute approximate surface area is 83.7 Å². The maximum Gasteiger partial charge on any atom is 0.308 e. The molecule has 0 heterocycles. The van der Waals surface area contributed by atoms with E-state index >= 15 is 0 Å². The Morgan fingerprint density at radius 2 is 1.77 bits per heavy atom. The first-order valence-electron chi connectivity index (χ1n) is 4.12. The molecule has 1 atom stereocenters. The molecule has 0 radical (unpaired) electrons. The van der Waals surface area contributed by atoms with E-state index in [1.165, 1.54) is 0 Å². The van der Waals surface area contributed by atoms with Crippen LogP contribution in [0.15, 0.2) is 24.3 Å². The van der Waals surface area contributed by atoms with E-state index in [1.807, 2.05) is 38.2 Å². The summed E-state index contributed by atoms with van der Waals surface area (Å²) in [6.45, 7) is 4.01. The second-order valence-electron chi connectivity index (χ2n) is 4.14. The first-order valence-corrected chi connectivity index (χ1v) is 4.12. The van der Waals surface area contributed by atoms with Crippen LogP contribution < -0.4 is 0 Å². The van der Waals surface area contributed by atoms with E-state index in [0.29, 0.717) is 0 Å². The quantitative estimate of drug-likeness (QED) is 0.705. The van der Waals surface area contributed by atoms with Crippen LogP contribution in [-0.4, -0.2) is 11.1 Å². The minimum absolute atomic E-state index is 0. The monoisotopic (exact) mass is 200 g/mol. The minimum atomic E-state index is -0.684. The maximum atomic E-state index is 10.9. The van der Waals surface area contributed by atoms with Crippen molar-refractivity contribution in [1.82, 2.24) is 0 Å². The lowest BCUT2D eigenvalue weighted by atomic mass is 9.98. The van der Waals surface area contributed by atoms with Crippen molar-refractivity contribution in [1.29, 1.82) is 0 Å². The summed E-state index contributed by atoms with van der Waals surface area (Å²) >= 11 is 0. The van der Waals surface area contributed by atoms with Gasteiger partial charge in [-0.3, -0.25) is 4.79 Å². The molecule has 2 nitrogen and oxygen atoms in total. The van der Waals surface area contributed by atoms with Crippen LogP contribution in [0, 0.1) is 16.7 Å². The van der Waals surface area contributed by atoms with Crippen molar-refractivity contribution < 1.29 is 9.90 Å². The number of carboxylic acid groups (broad SMARTS) is 1. The molecule has 2 aliphatic rings. The van der Waals surface area contributed by atoms with Gasteiger partial charge >= 0.3 is 5.97 Å². The lowest BCUT2D eigenvalue weighted by molar-refractivity contribution is -0.139. The summed E-state index contributed by atoms with van der Waals surface area (Å²) < 4.78 is 0. The number of rotatable bonds is 1. The van der Waals surface area contributed by atoms with Crippen LogP contribution in [0.25, 0.3) is 0 Å². The minimum Gasteiger partial charge on any atom is -0.481 e. The second-order valence-corrected chi connectivity index (χ2v) is 4.14. The van der Waals surface area contributed by atoms with Crippen molar-refractivity contribution in [3.8, 4) is 0 Å². The van der Waals surface area contributed by atoms with E-state index < -0.39 is 5.97 Å². The number of aliphatic carboxylic acids is 1. The molecule has 0 bridgehead atoms. The fourth-order valence-electron chi connectivity index (χ4n) is 2.45. The summed E-state index contributed by atoms with van der Waals surface area (Å²) in [5, 5.41) is 8.95. The van der Waals surface area contributed by atoms with Crippen LogP contribution in [0.4, 0.5) is 0 Å². The van der Waals surface area contributed by atoms with Crippen molar-refractivity contribution in [2.75, 3.05) is 0 Å². The van der Waals surface area contributed by atoms with E-state index in [-0.39, 0.29) is 29.2 Å². The van der Waals surface area contributed by atoms with E-state index in [0.717, 1.165) is 0 Å². The molecule has 2 aliphatic carbocycles. The summed E-state index contributed by atoms with van der Waals surface area (Å²) in [5.74, 6) is -0.920. The highest BCUT2D eigenvalue weighted by Gasteiger charge is 2.72. The van der Waals surface area contributed by atoms with Crippen molar-refractivity contribution >= 4 is 18.4 Å². The molecule has 2 rings (SSSR count). The molecule has 13 heavy (non-hydrogen) atoms. The smallest absolute Gasteiger partial charge is 0.308 e. The Morgan fingerprint density at radius 1 is 1.31 bits per heavy atom. The summed E-state index contributed by atoms with van der Waals surface area (Å²) in [4.78, 5) is 10.9. The van der Waals surface area contributed by atoms with E-state index in [2.05, 4.69) is 0 Å². The second kappa shape index (κ2) is 2.61. The average molecular weight is 201 g/mol. The first-order chi connectivity index (χ1) is 5.52. The van der Waals surface area contributed by atoms with Gasteiger partial charge in [0.05, 0.1) is 5.92 Å². The molecule has 1 N–H and O–H groups in total. The van der Waals surface area contributed by atoms with E-state index in [4.69, 9.17) is 5.11 Å². The molecule has 0 aromatic rings. The van der Waals surface area contributed by atoms with Gasteiger partial charge in [0.25, 0.3) is 0 Å². The zero-order valence-corrected chi connectivity index (χ0v) is 8.47. The van der Waals surface area contributed by atoms with Gasteiger partial charge in [-0.2, -0.15) is 0 Å². The molecule has 72 valence electrons. The van der Waals surface area contributed by atoms with E-state index in [9.17, 15) is 4.79 Å². The molecular formula is C10H13ClO2. The van der Waals surface area contributed by atoms with Gasteiger partial charge in [-0.25, -0.2) is 0 Å². The summed E-state index contributed by atoms with van der Waals surface area (Å²) in [6, 6.07) is 0. The zero-order valence-electron chi connectivity index (χ0n) is 7.65. The summed E-state index contributed by atoms with van der Waals surface area (Å²) in [5.41, 5.74) is -0.291. The molecule has 0 saturated heterocycles. The van der Waals surface area contributed by atoms with Crippen LogP contribution in [0.5, 0.6) is 0 Å². The van der Waals surface area contributed by atoms with Crippen LogP contribution in [0.2, 0.25) is 0 Å². The molecule has 1 unspecified atom stereocenters. The third-order valence-electron chi connectivity index (χ3n) is 3.33. The number of hydrogen-bond donors (Lipinski definition) is 1. The Kier molecular flexibility index (Phi) is 2.07. The first kappa shape index (κ1) is 10.3. The van der Waals surface area contributed by atoms with Crippen molar-refractivity contribution in [2.45, 2.75) is 13.8 Å². The van der Waals surface area contributed by atoms with Gasteiger partial charge in [0.1, 0.15) is 0 Å². The third kappa shape index (κ3) is 0.983. The highest BCUT2D eigenvalue weighted by molar-refractivity contribution is 5.85. The predicted octanol–water partition coefficient (Wildman–Crippen LogP) is 2.26. The standard InChI is InChI=1S/C10H12O2.ClH/c1-9(2)7(8(11)12)10(9)5-3-4-6-10;/h3-7H,1-2H3,(H,11,12);1H. The molecule has 0 aromatic carbocycles. The van der Waals surface area contributed by atoms with Gasteiger partial charge in [0.2, 0.25) is 0 Å². The van der Waals surface area contributed by atoms with Gasteiger partial charge in [-0.05, 0) is 5.41 Å². The largest absolute Gasteiger partial charge is 0.481 e. The lowest BCUT2D eigenvalue weighted by Crippen LogP contribution is -2.04. The predicted molar refractivity (Wildman–Crippen MR) is 52.9 cm³/mol. The molecule has 1 fully saturated rings. The van der Waals surface area contributed by atoms with Crippen molar-refractivity contribution in [3.05, 3.63) is 24.3 Å².